The average Bonchev–Trinajstić information content (AvgIpc) is 2.96. The summed E-state index contributed by atoms with van der Waals surface area (Å²) >= 11 is 0. The van der Waals surface area contributed by atoms with Crippen molar-refractivity contribution in [2.24, 2.45) is 16.6 Å². The number of aliphatic imine (C=N–C) groups is 1. The SMILES string of the molecule is CC(C)Oc1ccc(NC(N)=NCC2CC(=O)N(C)C2c2ccccc2)cc1. The maximum Gasteiger partial charge on any atom is 0.223 e. The van der Waals surface area contributed by atoms with Gasteiger partial charge in [-0.1, -0.05) is 30.3 Å². The monoisotopic (exact) mass is 380 g/mol. The zero-order chi connectivity index (χ0) is 20.1. The summed E-state index contributed by atoms with van der Waals surface area (Å²) in [6, 6.07) is 17.7. The topological polar surface area (TPSA) is 80.0 Å². The molecule has 1 amide bonds. The highest BCUT2D eigenvalue weighted by Gasteiger charge is 2.38. The largest absolute Gasteiger partial charge is 0.491 e. The van der Waals surface area contributed by atoms with Crippen molar-refractivity contribution >= 4 is 17.6 Å². The number of nitrogens with two attached hydrogens (primary N) is 1. The van der Waals surface area contributed by atoms with Crippen LogP contribution in [-0.4, -0.2) is 36.5 Å². The second-order valence-corrected chi connectivity index (χ2v) is 7.37. The van der Waals surface area contributed by atoms with Gasteiger partial charge in [0.25, 0.3) is 0 Å². The predicted molar refractivity (Wildman–Crippen MR) is 112 cm³/mol. The van der Waals surface area contributed by atoms with Crippen molar-refractivity contribution in [3.63, 3.8) is 0 Å². The van der Waals surface area contributed by atoms with Crippen LogP contribution in [0, 0.1) is 5.92 Å². The molecular formula is C22H28N4O2. The molecule has 2 aromatic carbocycles. The number of carbonyl (C=O) groups is 1. The molecule has 0 saturated carbocycles. The molecule has 2 aromatic rings. The maximum atomic E-state index is 12.2. The number of guanidine groups is 1. The number of hydrogen-bond acceptors (Lipinski definition) is 3. The van der Waals surface area contributed by atoms with Crippen molar-refractivity contribution in [2.75, 3.05) is 18.9 Å². The number of nitrogens with one attached hydrogen (secondary N) is 1. The van der Waals surface area contributed by atoms with Gasteiger partial charge in [0.05, 0.1) is 12.1 Å². The van der Waals surface area contributed by atoms with Gasteiger partial charge in [-0.15, -0.1) is 0 Å². The second-order valence-electron chi connectivity index (χ2n) is 7.37. The molecule has 1 aliphatic heterocycles. The molecule has 1 fully saturated rings. The van der Waals surface area contributed by atoms with Gasteiger partial charge in [-0.3, -0.25) is 9.79 Å². The van der Waals surface area contributed by atoms with Crippen LogP contribution in [0.15, 0.2) is 59.6 Å². The van der Waals surface area contributed by atoms with Crippen LogP contribution in [-0.2, 0) is 4.79 Å². The van der Waals surface area contributed by atoms with E-state index in [0.29, 0.717) is 18.9 Å². The van der Waals surface area contributed by atoms with Crippen LogP contribution in [0.5, 0.6) is 5.75 Å². The number of amides is 1. The Balaban J connectivity index is 1.64. The number of carbonyl (C=O) groups excluding carboxylic acids is 1. The summed E-state index contributed by atoms with van der Waals surface area (Å²) in [5.41, 5.74) is 8.04. The first-order chi connectivity index (χ1) is 13.4. The zero-order valence-electron chi connectivity index (χ0n) is 16.6. The third-order valence-electron chi connectivity index (χ3n) is 4.83. The van der Waals surface area contributed by atoms with E-state index in [1.54, 1.807) is 0 Å². The minimum atomic E-state index is 0.0257. The molecule has 2 atom stereocenters. The number of benzene rings is 2. The van der Waals surface area contributed by atoms with E-state index in [9.17, 15) is 4.79 Å². The quantitative estimate of drug-likeness (QED) is 0.594. The summed E-state index contributed by atoms with van der Waals surface area (Å²) < 4.78 is 5.64. The van der Waals surface area contributed by atoms with E-state index in [2.05, 4.69) is 22.4 Å². The lowest BCUT2D eigenvalue weighted by Crippen LogP contribution is -2.27. The summed E-state index contributed by atoms with van der Waals surface area (Å²) in [5, 5.41) is 3.10. The summed E-state index contributed by atoms with van der Waals surface area (Å²) in [5.74, 6) is 1.39. The molecule has 0 radical (unpaired) electrons. The fraction of sp³-hybridized carbons (Fsp3) is 0.364. The van der Waals surface area contributed by atoms with Gasteiger partial charge in [0.2, 0.25) is 5.91 Å². The van der Waals surface area contributed by atoms with E-state index in [-0.39, 0.29) is 24.0 Å². The van der Waals surface area contributed by atoms with E-state index in [1.807, 2.05) is 68.3 Å². The molecule has 0 aliphatic carbocycles. The molecule has 0 aromatic heterocycles. The molecule has 0 bridgehead atoms. The number of hydrogen-bond donors (Lipinski definition) is 2. The fourth-order valence-electron chi connectivity index (χ4n) is 3.55. The van der Waals surface area contributed by atoms with E-state index < -0.39 is 0 Å². The van der Waals surface area contributed by atoms with Crippen LogP contribution in [0.1, 0.15) is 31.9 Å². The molecule has 6 nitrogen and oxygen atoms in total. The summed E-state index contributed by atoms with van der Waals surface area (Å²) in [6.45, 7) is 4.47. The van der Waals surface area contributed by atoms with E-state index in [1.165, 1.54) is 0 Å². The van der Waals surface area contributed by atoms with E-state index in [0.717, 1.165) is 17.0 Å². The standard InChI is InChI=1S/C22H28N4O2/c1-15(2)28-19-11-9-18(10-12-19)25-22(23)24-14-17-13-20(27)26(3)21(17)16-7-5-4-6-8-16/h4-12,15,17,21H,13-14H2,1-3H3,(H3,23,24,25). The van der Waals surface area contributed by atoms with Crippen LogP contribution < -0.4 is 15.8 Å². The molecule has 1 heterocycles. The van der Waals surface area contributed by atoms with E-state index >= 15 is 0 Å². The first kappa shape index (κ1) is 19.7. The number of nitrogens with zero attached hydrogens (tertiary/aromatic N) is 2. The highest BCUT2D eigenvalue weighted by atomic mass is 16.5. The Labute approximate surface area is 166 Å². The lowest BCUT2D eigenvalue weighted by molar-refractivity contribution is -0.127. The molecule has 1 saturated heterocycles. The van der Waals surface area contributed by atoms with Crippen LogP contribution in [0.3, 0.4) is 0 Å². The first-order valence-electron chi connectivity index (χ1n) is 9.58. The Hall–Kier alpha value is -3.02. The minimum Gasteiger partial charge on any atom is -0.491 e. The van der Waals surface area contributed by atoms with Crippen molar-refractivity contribution < 1.29 is 9.53 Å². The molecule has 3 N–H and O–H groups in total. The average molecular weight is 380 g/mol. The third kappa shape index (κ3) is 4.82. The number of ether oxygens (including phenoxy) is 1. The normalized spacial score (nSPS) is 19.9. The van der Waals surface area contributed by atoms with Gasteiger partial charge >= 0.3 is 0 Å². The molecule has 28 heavy (non-hydrogen) atoms. The Morgan fingerprint density at radius 2 is 1.89 bits per heavy atom. The first-order valence-corrected chi connectivity index (χ1v) is 9.58. The molecule has 0 spiro atoms. The van der Waals surface area contributed by atoms with Crippen molar-refractivity contribution in [3.8, 4) is 5.75 Å². The van der Waals surface area contributed by atoms with Gasteiger partial charge in [-0.2, -0.15) is 0 Å². The van der Waals surface area contributed by atoms with E-state index in [4.69, 9.17) is 10.5 Å². The Bertz CT molecular complexity index is 818. The number of anilines is 1. The van der Waals surface area contributed by atoms with Crippen LogP contribution in [0.2, 0.25) is 0 Å². The lowest BCUT2D eigenvalue weighted by Gasteiger charge is -2.24. The Morgan fingerprint density at radius 1 is 1.21 bits per heavy atom. The van der Waals surface area contributed by atoms with Gasteiger partial charge < -0.3 is 20.7 Å². The minimum absolute atomic E-state index is 0.0257. The van der Waals surface area contributed by atoms with Crippen LogP contribution >= 0.6 is 0 Å². The van der Waals surface area contributed by atoms with Crippen LogP contribution in [0.25, 0.3) is 0 Å². The lowest BCUT2D eigenvalue weighted by atomic mass is 9.94. The molecular weight excluding hydrogens is 352 g/mol. The van der Waals surface area contributed by atoms with Crippen LogP contribution in [0.4, 0.5) is 5.69 Å². The summed E-state index contributed by atoms with van der Waals surface area (Å²) in [4.78, 5) is 18.5. The fourth-order valence-corrected chi connectivity index (χ4v) is 3.55. The van der Waals surface area contributed by atoms with Gasteiger partial charge in [-0.25, -0.2) is 0 Å². The highest BCUT2D eigenvalue weighted by Crippen LogP contribution is 2.36. The van der Waals surface area contributed by atoms with Crippen molar-refractivity contribution in [3.05, 3.63) is 60.2 Å². The van der Waals surface area contributed by atoms with Crippen molar-refractivity contribution in [1.82, 2.24) is 4.90 Å². The molecule has 148 valence electrons. The molecule has 6 heteroatoms. The van der Waals surface area contributed by atoms with Crippen molar-refractivity contribution in [2.45, 2.75) is 32.4 Å². The number of likely N-dealkylation sites (tertiary alicyclic amines) is 1. The molecule has 1 aliphatic rings. The Kier molecular flexibility index (Phi) is 6.19. The van der Waals surface area contributed by atoms with Crippen molar-refractivity contribution in [1.29, 1.82) is 0 Å². The smallest absolute Gasteiger partial charge is 0.223 e. The maximum absolute atomic E-state index is 12.2. The third-order valence-corrected chi connectivity index (χ3v) is 4.83. The van der Waals surface area contributed by atoms with Gasteiger partial charge in [-0.05, 0) is 43.7 Å². The predicted octanol–water partition coefficient (Wildman–Crippen LogP) is 3.42. The second kappa shape index (κ2) is 8.78. The van der Waals surface area contributed by atoms with Gasteiger partial charge in [0, 0.05) is 31.6 Å². The molecule has 2 unspecified atom stereocenters. The number of rotatable bonds is 6. The highest BCUT2D eigenvalue weighted by molar-refractivity contribution is 5.92. The summed E-state index contributed by atoms with van der Waals surface area (Å²) in [7, 11) is 1.85. The zero-order valence-corrected chi connectivity index (χ0v) is 16.6. The summed E-state index contributed by atoms with van der Waals surface area (Å²) in [6.07, 6.45) is 0.615. The molecule has 3 rings (SSSR count). The Morgan fingerprint density at radius 3 is 2.54 bits per heavy atom. The van der Waals surface area contributed by atoms with Gasteiger partial charge in [0.1, 0.15) is 5.75 Å². The van der Waals surface area contributed by atoms with Gasteiger partial charge in [0.15, 0.2) is 5.96 Å².